The van der Waals surface area contributed by atoms with Crippen molar-refractivity contribution in [1.29, 1.82) is 0 Å². The summed E-state index contributed by atoms with van der Waals surface area (Å²) in [7, 11) is 0. The second-order valence-electron chi connectivity index (χ2n) is 5.14. The zero-order valence-corrected chi connectivity index (χ0v) is 14.4. The maximum atomic E-state index is 12.1. The molecule has 0 fully saturated rings. The van der Waals surface area contributed by atoms with Crippen molar-refractivity contribution in [3.8, 4) is 0 Å². The van der Waals surface area contributed by atoms with Crippen molar-refractivity contribution < 1.29 is 4.79 Å². The van der Waals surface area contributed by atoms with Crippen LogP contribution in [0, 0.1) is 6.92 Å². The Bertz CT molecular complexity index is 675. The molecule has 0 saturated carbocycles. The molecule has 0 aliphatic heterocycles. The van der Waals surface area contributed by atoms with Gasteiger partial charge in [-0.05, 0) is 44.0 Å². The van der Waals surface area contributed by atoms with Gasteiger partial charge in [-0.3, -0.25) is 4.79 Å². The zero-order valence-electron chi connectivity index (χ0n) is 12.9. The number of nitrogens with zero attached hydrogens (tertiary/aromatic N) is 2. The number of anilines is 2. The van der Waals surface area contributed by atoms with Gasteiger partial charge in [-0.25, -0.2) is 9.97 Å². The average molecular weight is 363 g/mol. The number of halogens is 1. The molecular formula is C16H19BrN4O. The van der Waals surface area contributed by atoms with E-state index < -0.39 is 0 Å². The number of carbonyl (C=O) groups excluding carboxylic acids is 1. The number of aryl methyl sites for hydroxylation is 1. The second-order valence-corrected chi connectivity index (χ2v) is 5.99. The van der Waals surface area contributed by atoms with Crippen LogP contribution < -0.4 is 10.6 Å². The molecule has 0 aliphatic rings. The number of hydrogen-bond donors (Lipinski definition) is 2. The fraction of sp³-hybridized carbons (Fsp3) is 0.312. The first kappa shape index (κ1) is 16.4. The van der Waals surface area contributed by atoms with E-state index in [1.807, 2.05) is 39.0 Å². The molecule has 2 aromatic rings. The van der Waals surface area contributed by atoms with Gasteiger partial charge in [-0.15, -0.1) is 0 Å². The van der Waals surface area contributed by atoms with E-state index in [2.05, 4.69) is 36.5 Å². The SMILES string of the molecule is CCC(C)NC(=O)c1ccnc(Nc2ccc(C)c(Br)c2)n1. The number of nitrogens with one attached hydrogen (secondary N) is 2. The van der Waals surface area contributed by atoms with Crippen LogP contribution in [0.15, 0.2) is 34.9 Å². The quantitative estimate of drug-likeness (QED) is 0.848. The molecule has 1 amide bonds. The summed E-state index contributed by atoms with van der Waals surface area (Å²) in [6.07, 6.45) is 2.45. The third-order valence-corrected chi connectivity index (χ3v) is 4.16. The lowest BCUT2D eigenvalue weighted by molar-refractivity contribution is 0.0934. The number of hydrogen-bond acceptors (Lipinski definition) is 4. The Morgan fingerprint density at radius 2 is 2.14 bits per heavy atom. The van der Waals surface area contributed by atoms with Crippen molar-refractivity contribution in [3.63, 3.8) is 0 Å². The topological polar surface area (TPSA) is 66.9 Å². The van der Waals surface area contributed by atoms with Crippen molar-refractivity contribution >= 4 is 33.5 Å². The van der Waals surface area contributed by atoms with Gasteiger partial charge in [-0.1, -0.05) is 28.9 Å². The smallest absolute Gasteiger partial charge is 0.270 e. The molecule has 0 aliphatic carbocycles. The maximum Gasteiger partial charge on any atom is 0.270 e. The molecule has 0 spiro atoms. The summed E-state index contributed by atoms with van der Waals surface area (Å²) in [5, 5.41) is 5.99. The third kappa shape index (κ3) is 4.27. The molecule has 116 valence electrons. The highest BCUT2D eigenvalue weighted by atomic mass is 79.9. The number of benzene rings is 1. The van der Waals surface area contributed by atoms with Gasteiger partial charge in [0.25, 0.3) is 5.91 Å². The number of rotatable bonds is 5. The predicted octanol–water partition coefficient (Wildman–Crippen LogP) is 3.82. The summed E-state index contributed by atoms with van der Waals surface area (Å²) in [5.41, 5.74) is 2.36. The lowest BCUT2D eigenvalue weighted by Gasteiger charge is -2.11. The molecule has 0 saturated heterocycles. The molecule has 6 heteroatoms. The van der Waals surface area contributed by atoms with Gasteiger partial charge < -0.3 is 10.6 Å². The van der Waals surface area contributed by atoms with Crippen LogP contribution in [0.2, 0.25) is 0 Å². The number of aromatic nitrogens is 2. The molecule has 2 rings (SSSR count). The summed E-state index contributed by atoms with van der Waals surface area (Å²) >= 11 is 3.49. The Morgan fingerprint density at radius 1 is 1.36 bits per heavy atom. The van der Waals surface area contributed by atoms with E-state index in [1.54, 1.807) is 12.3 Å². The largest absolute Gasteiger partial charge is 0.348 e. The molecule has 0 radical (unpaired) electrons. The normalized spacial score (nSPS) is 11.8. The standard InChI is InChI=1S/C16H19BrN4O/c1-4-11(3)19-15(22)14-7-8-18-16(21-14)20-12-6-5-10(2)13(17)9-12/h5-9,11H,4H2,1-3H3,(H,19,22)(H,18,20,21). The maximum absolute atomic E-state index is 12.1. The highest BCUT2D eigenvalue weighted by Gasteiger charge is 2.11. The van der Waals surface area contributed by atoms with Crippen molar-refractivity contribution in [3.05, 3.63) is 46.2 Å². The van der Waals surface area contributed by atoms with E-state index in [4.69, 9.17) is 0 Å². The summed E-state index contributed by atoms with van der Waals surface area (Å²) in [5.74, 6) is 0.206. The lowest BCUT2D eigenvalue weighted by atomic mass is 10.2. The van der Waals surface area contributed by atoms with Gasteiger partial charge in [0.15, 0.2) is 0 Å². The van der Waals surface area contributed by atoms with Gasteiger partial charge >= 0.3 is 0 Å². The first-order valence-electron chi connectivity index (χ1n) is 7.16. The fourth-order valence-electron chi connectivity index (χ4n) is 1.74. The van der Waals surface area contributed by atoms with Gasteiger partial charge in [0.05, 0.1) is 0 Å². The van der Waals surface area contributed by atoms with Crippen LogP contribution in [0.1, 0.15) is 36.3 Å². The van der Waals surface area contributed by atoms with Crippen LogP contribution in [0.5, 0.6) is 0 Å². The fourth-order valence-corrected chi connectivity index (χ4v) is 2.12. The van der Waals surface area contributed by atoms with Crippen LogP contribution in [0.3, 0.4) is 0 Å². The van der Waals surface area contributed by atoms with Crippen molar-refractivity contribution in [2.75, 3.05) is 5.32 Å². The van der Waals surface area contributed by atoms with E-state index in [9.17, 15) is 4.79 Å². The van der Waals surface area contributed by atoms with E-state index in [-0.39, 0.29) is 11.9 Å². The van der Waals surface area contributed by atoms with E-state index >= 15 is 0 Å². The summed E-state index contributed by atoms with van der Waals surface area (Å²) < 4.78 is 1.00. The van der Waals surface area contributed by atoms with E-state index in [1.165, 1.54) is 0 Å². The first-order valence-corrected chi connectivity index (χ1v) is 7.96. The predicted molar refractivity (Wildman–Crippen MR) is 91.4 cm³/mol. The van der Waals surface area contributed by atoms with Gasteiger partial charge in [0.2, 0.25) is 5.95 Å². The monoisotopic (exact) mass is 362 g/mol. The minimum Gasteiger partial charge on any atom is -0.348 e. The van der Waals surface area contributed by atoms with E-state index in [0.717, 1.165) is 22.1 Å². The van der Waals surface area contributed by atoms with Crippen LogP contribution in [-0.2, 0) is 0 Å². The van der Waals surface area contributed by atoms with Crippen LogP contribution in [-0.4, -0.2) is 21.9 Å². The molecule has 22 heavy (non-hydrogen) atoms. The molecule has 1 aromatic heterocycles. The first-order chi connectivity index (χ1) is 10.5. The number of carbonyl (C=O) groups is 1. The highest BCUT2D eigenvalue weighted by molar-refractivity contribution is 9.10. The summed E-state index contributed by atoms with van der Waals surface area (Å²) in [4.78, 5) is 20.5. The number of amides is 1. The lowest BCUT2D eigenvalue weighted by Crippen LogP contribution is -2.32. The third-order valence-electron chi connectivity index (χ3n) is 3.31. The minimum absolute atomic E-state index is 0.118. The average Bonchev–Trinajstić information content (AvgIpc) is 2.51. The Kier molecular flexibility index (Phi) is 5.49. The molecular weight excluding hydrogens is 344 g/mol. The zero-order chi connectivity index (χ0) is 16.1. The molecule has 1 unspecified atom stereocenters. The van der Waals surface area contributed by atoms with Crippen LogP contribution >= 0.6 is 15.9 Å². The molecule has 1 atom stereocenters. The molecule has 2 N–H and O–H groups in total. The molecule has 0 bridgehead atoms. The van der Waals surface area contributed by atoms with Gasteiger partial charge in [0, 0.05) is 22.4 Å². The Hall–Kier alpha value is -1.95. The molecule has 1 heterocycles. The Labute approximate surface area is 138 Å². The second kappa shape index (κ2) is 7.35. The Morgan fingerprint density at radius 3 is 2.82 bits per heavy atom. The van der Waals surface area contributed by atoms with Gasteiger partial charge in [0.1, 0.15) is 5.69 Å². The highest BCUT2D eigenvalue weighted by Crippen LogP contribution is 2.22. The van der Waals surface area contributed by atoms with Crippen LogP contribution in [0.25, 0.3) is 0 Å². The summed E-state index contributed by atoms with van der Waals surface area (Å²) in [6.45, 7) is 6.00. The van der Waals surface area contributed by atoms with Crippen LogP contribution in [0.4, 0.5) is 11.6 Å². The van der Waals surface area contributed by atoms with E-state index in [0.29, 0.717) is 11.6 Å². The van der Waals surface area contributed by atoms with Crippen molar-refractivity contribution in [2.24, 2.45) is 0 Å². The molecule has 5 nitrogen and oxygen atoms in total. The Balaban J connectivity index is 2.14. The minimum atomic E-state index is -0.190. The van der Waals surface area contributed by atoms with Gasteiger partial charge in [-0.2, -0.15) is 0 Å². The van der Waals surface area contributed by atoms with Crippen molar-refractivity contribution in [1.82, 2.24) is 15.3 Å². The molecule has 1 aromatic carbocycles. The van der Waals surface area contributed by atoms with Crippen molar-refractivity contribution in [2.45, 2.75) is 33.2 Å². The summed E-state index contributed by atoms with van der Waals surface area (Å²) in [6, 6.07) is 7.60.